The number of nitrogens with two attached hydrogens (primary N) is 1. The lowest BCUT2D eigenvalue weighted by molar-refractivity contribution is -0.117. The second-order valence-corrected chi connectivity index (χ2v) is 3.47. The molecule has 1 rings (SSSR count). The van der Waals surface area contributed by atoms with E-state index in [0.29, 0.717) is 11.7 Å². The van der Waals surface area contributed by atoms with Crippen LogP contribution >= 0.6 is 0 Å². The van der Waals surface area contributed by atoms with E-state index in [-0.39, 0.29) is 12.3 Å². The van der Waals surface area contributed by atoms with Gasteiger partial charge in [-0.15, -0.1) is 5.10 Å². The van der Waals surface area contributed by atoms with E-state index in [1.54, 1.807) is 0 Å². The van der Waals surface area contributed by atoms with Crippen LogP contribution < -0.4 is 5.73 Å². The van der Waals surface area contributed by atoms with Crippen LogP contribution in [-0.2, 0) is 11.2 Å². The molecule has 0 saturated heterocycles. The molecule has 14 heavy (non-hydrogen) atoms. The third kappa shape index (κ3) is 2.10. The summed E-state index contributed by atoms with van der Waals surface area (Å²) in [7, 11) is 0. The quantitative estimate of drug-likeness (QED) is 0.765. The molecule has 0 aliphatic carbocycles. The largest absolute Gasteiger partial charge is 0.369 e. The molecule has 1 aromatic rings. The standard InChI is InChI=1S/C9H16N4O/c1-4-6(2)13-7(3)8(11-12-13)5-9(10)14/h6H,4-5H2,1-3H3,(H2,10,14). The van der Waals surface area contributed by atoms with Crippen molar-refractivity contribution >= 4 is 5.91 Å². The van der Waals surface area contributed by atoms with E-state index in [4.69, 9.17) is 5.73 Å². The number of rotatable bonds is 4. The molecule has 78 valence electrons. The van der Waals surface area contributed by atoms with Gasteiger partial charge >= 0.3 is 0 Å². The molecule has 1 atom stereocenters. The van der Waals surface area contributed by atoms with Crippen LogP contribution in [0.3, 0.4) is 0 Å². The highest BCUT2D eigenvalue weighted by molar-refractivity contribution is 5.76. The van der Waals surface area contributed by atoms with Crippen molar-refractivity contribution in [3.63, 3.8) is 0 Å². The Morgan fingerprint density at radius 3 is 2.79 bits per heavy atom. The molecule has 0 bridgehead atoms. The molecule has 1 heterocycles. The van der Waals surface area contributed by atoms with Crippen molar-refractivity contribution in [2.24, 2.45) is 5.73 Å². The molecule has 5 heteroatoms. The van der Waals surface area contributed by atoms with Gasteiger partial charge in [0.25, 0.3) is 0 Å². The Labute approximate surface area is 83.3 Å². The molecular formula is C9H16N4O. The fraction of sp³-hybridized carbons (Fsp3) is 0.667. The molecule has 0 aliphatic heterocycles. The molecule has 1 aromatic heterocycles. The van der Waals surface area contributed by atoms with Crippen LogP contribution in [0.1, 0.15) is 37.7 Å². The lowest BCUT2D eigenvalue weighted by Gasteiger charge is -2.09. The highest BCUT2D eigenvalue weighted by Gasteiger charge is 2.13. The van der Waals surface area contributed by atoms with Crippen molar-refractivity contribution in [2.45, 2.75) is 39.7 Å². The second kappa shape index (κ2) is 4.21. The summed E-state index contributed by atoms with van der Waals surface area (Å²) in [5.41, 5.74) is 6.70. The van der Waals surface area contributed by atoms with Crippen LogP contribution in [0.4, 0.5) is 0 Å². The van der Waals surface area contributed by atoms with E-state index < -0.39 is 0 Å². The molecule has 1 amide bonds. The van der Waals surface area contributed by atoms with Crippen molar-refractivity contribution in [1.29, 1.82) is 0 Å². The van der Waals surface area contributed by atoms with Crippen LogP contribution in [0.15, 0.2) is 0 Å². The molecule has 0 aromatic carbocycles. The first-order valence-corrected chi connectivity index (χ1v) is 4.75. The number of hydrogen-bond donors (Lipinski definition) is 1. The summed E-state index contributed by atoms with van der Waals surface area (Å²) in [5, 5.41) is 7.94. The van der Waals surface area contributed by atoms with Gasteiger partial charge in [-0.3, -0.25) is 4.79 Å². The molecule has 1 unspecified atom stereocenters. The molecule has 0 saturated carbocycles. The van der Waals surface area contributed by atoms with Gasteiger partial charge in [0.1, 0.15) is 0 Å². The van der Waals surface area contributed by atoms with E-state index in [0.717, 1.165) is 12.1 Å². The molecular weight excluding hydrogens is 180 g/mol. The summed E-state index contributed by atoms with van der Waals surface area (Å²) in [6.45, 7) is 6.06. The average molecular weight is 196 g/mol. The van der Waals surface area contributed by atoms with Gasteiger partial charge in [-0.25, -0.2) is 4.68 Å². The predicted molar refractivity (Wildman–Crippen MR) is 52.7 cm³/mol. The summed E-state index contributed by atoms with van der Waals surface area (Å²) >= 11 is 0. The summed E-state index contributed by atoms with van der Waals surface area (Å²) in [6.07, 6.45) is 1.16. The van der Waals surface area contributed by atoms with Crippen molar-refractivity contribution in [2.75, 3.05) is 0 Å². The Bertz CT molecular complexity index is 332. The number of hydrogen-bond acceptors (Lipinski definition) is 3. The topological polar surface area (TPSA) is 73.8 Å². The SMILES string of the molecule is CCC(C)n1nnc(CC(N)=O)c1C. The summed E-state index contributed by atoms with van der Waals surface area (Å²) in [4.78, 5) is 10.7. The fourth-order valence-corrected chi connectivity index (χ4v) is 1.29. The van der Waals surface area contributed by atoms with E-state index in [1.165, 1.54) is 0 Å². The van der Waals surface area contributed by atoms with Crippen LogP contribution in [0.5, 0.6) is 0 Å². The van der Waals surface area contributed by atoms with E-state index >= 15 is 0 Å². The maximum Gasteiger partial charge on any atom is 0.223 e. The maximum atomic E-state index is 10.7. The van der Waals surface area contributed by atoms with Crippen molar-refractivity contribution in [3.05, 3.63) is 11.4 Å². The summed E-state index contributed by atoms with van der Waals surface area (Å²) in [6, 6.07) is 0.309. The third-order valence-corrected chi connectivity index (χ3v) is 2.37. The zero-order chi connectivity index (χ0) is 10.7. The van der Waals surface area contributed by atoms with Crippen molar-refractivity contribution in [3.8, 4) is 0 Å². The lowest BCUT2D eigenvalue weighted by Crippen LogP contribution is -2.15. The first kappa shape index (κ1) is 10.7. The second-order valence-electron chi connectivity index (χ2n) is 3.47. The first-order valence-electron chi connectivity index (χ1n) is 4.75. The van der Waals surface area contributed by atoms with Gasteiger partial charge in [-0.2, -0.15) is 0 Å². The van der Waals surface area contributed by atoms with Gasteiger partial charge in [-0.05, 0) is 20.3 Å². The van der Waals surface area contributed by atoms with Gasteiger partial charge in [0.05, 0.1) is 23.9 Å². The smallest absolute Gasteiger partial charge is 0.223 e. The minimum Gasteiger partial charge on any atom is -0.369 e. The molecule has 0 spiro atoms. The minimum atomic E-state index is -0.371. The van der Waals surface area contributed by atoms with Crippen LogP contribution in [0.25, 0.3) is 0 Å². The Hall–Kier alpha value is -1.39. The monoisotopic (exact) mass is 196 g/mol. The average Bonchev–Trinajstić information content (AvgIpc) is 2.46. The highest BCUT2D eigenvalue weighted by Crippen LogP contribution is 2.13. The molecule has 0 radical (unpaired) electrons. The molecule has 0 fully saturated rings. The Morgan fingerprint density at radius 2 is 2.29 bits per heavy atom. The number of aromatic nitrogens is 3. The number of amides is 1. The number of nitrogens with zero attached hydrogens (tertiary/aromatic N) is 3. The van der Waals surface area contributed by atoms with Crippen LogP contribution in [-0.4, -0.2) is 20.9 Å². The van der Waals surface area contributed by atoms with E-state index in [1.807, 2.05) is 11.6 Å². The van der Waals surface area contributed by atoms with Crippen LogP contribution in [0.2, 0.25) is 0 Å². The lowest BCUT2D eigenvalue weighted by atomic mass is 10.2. The van der Waals surface area contributed by atoms with Gasteiger partial charge in [0.2, 0.25) is 5.91 Å². The molecule has 2 N–H and O–H groups in total. The summed E-state index contributed by atoms with van der Waals surface area (Å²) < 4.78 is 1.83. The Balaban J connectivity index is 2.90. The number of carbonyl (C=O) groups excluding carboxylic acids is 1. The Morgan fingerprint density at radius 1 is 1.64 bits per heavy atom. The zero-order valence-corrected chi connectivity index (χ0v) is 8.82. The van der Waals surface area contributed by atoms with Crippen LogP contribution in [0, 0.1) is 6.92 Å². The van der Waals surface area contributed by atoms with E-state index in [9.17, 15) is 4.79 Å². The molecule has 0 aliphatic rings. The third-order valence-electron chi connectivity index (χ3n) is 2.37. The van der Waals surface area contributed by atoms with E-state index in [2.05, 4.69) is 24.2 Å². The molecule has 5 nitrogen and oxygen atoms in total. The fourth-order valence-electron chi connectivity index (χ4n) is 1.29. The van der Waals surface area contributed by atoms with Crippen molar-refractivity contribution < 1.29 is 4.79 Å². The van der Waals surface area contributed by atoms with Gasteiger partial charge in [0.15, 0.2) is 0 Å². The van der Waals surface area contributed by atoms with Crippen molar-refractivity contribution in [1.82, 2.24) is 15.0 Å². The maximum absolute atomic E-state index is 10.7. The number of primary amides is 1. The predicted octanol–water partition coefficient (Wildman–Crippen LogP) is 0.585. The number of carbonyl (C=O) groups is 1. The highest BCUT2D eigenvalue weighted by atomic mass is 16.1. The zero-order valence-electron chi connectivity index (χ0n) is 8.82. The van der Waals surface area contributed by atoms with Gasteiger partial charge < -0.3 is 5.73 Å². The normalized spacial score (nSPS) is 12.8. The Kier molecular flexibility index (Phi) is 3.22. The minimum absolute atomic E-state index is 0.169. The summed E-state index contributed by atoms with van der Waals surface area (Å²) in [5.74, 6) is -0.371. The van der Waals surface area contributed by atoms with Gasteiger partial charge in [-0.1, -0.05) is 12.1 Å². The van der Waals surface area contributed by atoms with Gasteiger partial charge in [0, 0.05) is 0 Å². The first-order chi connectivity index (χ1) is 6.56.